The molecule has 0 atom stereocenters. The maximum atomic E-state index is 11.9. The molecular formula is C18H20N2O3. The molecule has 0 heterocycles. The van der Waals surface area contributed by atoms with E-state index in [1.54, 1.807) is 30.3 Å². The Morgan fingerprint density at radius 3 is 2.35 bits per heavy atom. The SMILES string of the molecule is Cc1ccc(NC(=O)C(=O)NCCc2ccc(O)cc2)c(C)c1. The molecule has 2 rings (SSSR count). The molecule has 0 fully saturated rings. The number of aryl methyl sites for hydroxylation is 2. The number of amides is 2. The molecule has 5 heteroatoms. The summed E-state index contributed by atoms with van der Waals surface area (Å²) >= 11 is 0. The molecule has 0 aromatic heterocycles. The minimum atomic E-state index is -0.678. The van der Waals surface area contributed by atoms with Crippen LogP contribution in [0.3, 0.4) is 0 Å². The molecule has 120 valence electrons. The molecule has 5 nitrogen and oxygen atoms in total. The standard InChI is InChI=1S/C18H20N2O3/c1-12-3-8-16(13(2)11-12)20-18(23)17(22)19-10-9-14-4-6-15(21)7-5-14/h3-8,11,21H,9-10H2,1-2H3,(H,19,22)(H,20,23). The molecule has 2 aromatic carbocycles. The molecule has 0 aliphatic heterocycles. The van der Waals surface area contributed by atoms with Gasteiger partial charge in [-0.25, -0.2) is 0 Å². The number of rotatable bonds is 4. The maximum Gasteiger partial charge on any atom is 0.313 e. The van der Waals surface area contributed by atoms with Crippen molar-refractivity contribution < 1.29 is 14.7 Å². The molecule has 0 radical (unpaired) electrons. The number of hydrogen-bond donors (Lipinski definition) is 3. The smallest absolute Gasteiger partial charge is 0.313 e. The highest BCUT2D eigenvalue weighted by Crippen LogP contribution is 2.15. The molecule has 23 heavy (non-hydrogen) atoms. The lowest BCUT2D eigenvalue weighted by molar-refractivity contribution is -0.136. The Morgan fingerprint density at radius 2 is 1.70 bits per heavy atom. The van der Waals surface area contributed by atoms with Crippen LogP contribution in [0.2, 0.25) is 0 Å². The van der Waals surface area contributed by atoms with Gasteiger partial charge in [-0.15, -0.1) is 0 Å². The molecule has 3 N–H and O–H groups in total. The number of anilines is 1. The Bertz CT molecular complexity index is 709. The van der Waals surface area contributed by atoms with Crippen molar-refractivity contribution >= 4 is 17.5 Å². The van der Waals surface area contributed by atoms with Crippen LogP contribution in [0.1, 0.15) is 16.7 Å². The zero-order valence-corrected chi connectivity index (χ0v) is 13.2. The van der Waals surface area contributed by atoms with Crippen LogP contribution in [-0.2, 0) is 16.0 Å². The Hall–Kier alpha value is -2.82. The predicted molar refractivity (Wildman–Crippen MR) is 89.4 cm³/mol. The van der Waals surface area contributed by atoms with Gasteiger partial charge in [0.05, 0.1) is 0 Å². The van der Waals surface area contributed by atoms with Crippen LogP contribution < -0.4 is 10.6 Å². The summed E-state index contributed by atoms with van der Waals surface area (Å²) in [4.78, 5) is 23.7. The van der Waals surface area contributed by atoms with Gasteiger partial charge in [-0.2, -0.15) is 0 Å². The fourth-order valence-corrected chi connectivity index (χ4v) is 2.20. The van der Waals surface area contributed by atoms with Crippen molar-refractivity contribution in [2.75, 3.05) is 11.9 Å². The van der Waals surface area contributed by atoms with E-state index in [4.69, 9.17) is 0 Å². The van der Waals surface area contributed by atoms with Gasteiger partial charge < -0.3 is 15.7 Å². The van der Waals surface area contributed by atoms with E-state index in [1.807, 2.05) is 26.0 Å². The second-order valence-electron chi connectivity index (χ2n) is 5.44. The van der Waals surface area contributed by atoms with Crippen molar-refractivity contribution in [3.05, 3.63) is 59.2 Å². The van der Waals surface area contributed by atoms with E-state index in [0.29, 0.717) is 18.7 Å². The van der Waals surface area contributed by atoms with Crippen LogP contribution in [-0.4, -0.2) is 23.5 Å². The summed E-state index contributed by atoms with van der Waals surface area (Å²) in [5.41, 5.74) is 3.61. The number of carbonyl (C=O) groups excluding carboxylic acids is 2. The summed E-state index contributed by atoms with van der Waals surface area (Å²) in [6.07, 6.45) is 0.586. The van der Waals surface area contributed by atoms with Crippen molar-refractivity contribution in [2.24, 2.45) is 0 Å². The third-order valence-corrected chi connectivity index (χ3v) is 3.47. The summed E-state index contributed by atoms with van der Waals surface area (Å²) in [6, 6.07) is 12.3. The van der Waals surface area contributed by atoms with Crippen LogP contribution in [0.5, 0.6) is 5.75 Å². The minimum Gasteiger partial charge on any atom is -0.508 e. The van der Waals surface area contributed by atoms with Crippen LogP contribution in [0.4, 0.5) is 5.69 Å². The quantitative estimate of drug-likeness (QED) is 0.758. The summed E-state index contributed by atoms with van der Waals surface area (Å²) in [6.45, 7) is 4.20. The molecule has 0 saturated carbocycles. The summed E-state index contributed by atoms with van der Waals surface area (Å²) in [5.74, 6) is -1.14. The van der Waals surface area contributed by atoms with Gasteiger partial charge in [0.1, 0.15) is 5.75 Å². The van der Waals surface area contributed by atoms with E-state index < -0.39 is 11.8 Å². The minimum absolute atomic E-state index is 0.200. The summed E-state index contributed by atoms with van der Waals surface area (Å²) in [5, 5.41) is 14.4. The van der Waals surface area contributed by atoms with Crippen molar-refractivity contribution in [1.82, 2.24) is 5.32 Å². The van der Waals surface area contributed by atoms with Crippen LogP contribution in [0, 0.1) is 13.8 Å². The molecule has 0 aliphatic rings. The van der Waals surface area contributed by atoms with E-state index in [2.05, 4.69) is 10.6 Å². The lowest BCUT2D eigenvalue weighted by Crippen LogP contribution is -2.36. The van der Waals surface area contributed by atoms with Gasteiger partial charge in [0.2, 0.25) is 0 Å². The van der Waals surface area contributed by atoms with E-state index >= 15 is 0 Å². The number of nitrogens with one attached hydrogen (secondary N) is 2. The lowest BCUT2D eigenvalue weighted by Gasteiger charge is -2.09. The molecule has 0 saturated heterocycles. The average molecular weight is 312 g/mol. The first kappa shape index (κ1) is 16.5. The molecule has 0 unspecified atom stereocenters. The van der Waals surface area contributed by atoms with Gasteiger partial charge in [0.15, 0.2) is 0 Å². The number of phenolic OH excluding ortho intramolecular Hbond substituents is 1. The van der Waals surface area contributed by atoms with Crippen molar-refractivity contribution in [3.8, 4) is 5.75 Å². The van der Waals surface area contributed by atoms with Gasteiger partial charge >= 0.3 is 11.8 Å². The normalized spacial score (nSPS) is 10.2. The molecule has 2 amide bonds. The zero-order valence-electron chi connectivity index (χ0n) is 13.2. The van der Waals surface area contributed by atoms with E-state index in [0.717, 1.165) is 16.7 Å². The zero-order chi connectivity index (χ0) is 16.8. The Morgan fingerprint density at radius 1 is 1.00 bits per heavy atom. The van der Waals surface area contributed by atoms with Gasteiger partial charge in [-0.1, -0.05) is 29.8 Å². The first-order valence-corrected chi connectivity index (χ1v) is 7.40. The monoisotopic (exact) mass is 312 g/mol. The number of hydrogen-bond acceptors (Lipinski definition) is 3. The first-order chi connectivity index (χ1) is 11.0. The second kappa shape index (κ2) is 7.45. The Labute approximate surface area is 135 Å². The van der Waals surface area contributed by atoms with E-state index in [1.165, 1.54) is 0 Å². The molecule has 0 bridgehead atoms. The van der Waals surface area contributed by atoms with E-state index in [-0.39, 0.29) is 5.75 Å². The van der Waals surface area contributed by atoms with Gasteiger partial charge in [0, 0.05) is 12.2 Å². The predicted octanol–water partition coefficient (Wildman–Crippen LogP) is 2.31. The van der Waals surface area contributed by atoms with Crippen LogP contribution in [0.25, 0.3) is 0 Å². The molecular weight excluding hydrogens is 292 g/mol. The maximum absolute atomic E-state index is 11.9. The Balaban J connectivity index is 1.83. The van der Waals surface area contributed by atoms with E-state index in [9.17, 15) is 14.7 Å². The number of benzene rings is 2. The average Bonchev–Trinajstić information content (AvgIpc) is 2.51. The summed E-state index contributed by atoms with van der Waals surface area (Å²) < 4.78 is 0. The molecule has 0 aliphatic carbocycles. The van der Waals surface area contributed by atoms with Crippen molar-refractivity contribution in [1.29, 1.82) is 0 Å². The third-order valence-electron chi connectivity index (χ3n) is 3.47. The highest BCUT2D eigenvalue weighted by molar-refractivity contribution is 6.39. The number of carbonyl (C=O) groups is 2. The largest absolute Gasteiger partial charge is 0.508 e. The number of aromatic hydroxyl groups is 1. The fourth-order valence-electron chi connectivity index (χ4n) is 2.20. The fraction of sp³-hybridized carbons (Fsp3) is 0.222. The third kappa shape index (κ3) is 4.85. The summed E-state index contributed by atoms with van der Waals surface area (Å²) in [7, 11) is 0. The highest BCUT2D eigenvalue weighted by Gasteiger charge is 2.14. The van der Waals surface area contributed by atoms with Crippen molar-refractivity contribution in [3.63, 3.8) is 0 Å². The Kier molecular flexibility index (Phi) is 5.36. The van der Waals surface area contributed by atoms with Gasteiger partial charge in [-0.05, 0) is 49.6 Å². The van der Waals surface area contributed by atoms with Crippen molar-refractivity contribution in [2.45, 2.75) is 20.3 Å². The van der Waals surface area contributed by atoms with Crippen LogP contribution >= 0.6 is 0 Å². The van der Waals surface area contributed by atoms with Crippen LogP contribution in [0.15, 0.2) is 42.5 Å². The van der Waals surface area contributed by atoms with Gasteiger partial charge in [0.25, 0.3) is 0 Å². The highest BCUT2D eigenvalue weighted by atomic mass is 16.3. The lowest BCUT2D eigenvalue weighted by atomic mass is 10.1. The number of phenols is 1. The molecule has 2 aromatic rings. The second-order valence-corrected chi connectivity index (χ2v) is 5.44. The topological polar surface area (TPSA) is 78.4 Å². The van der Waals surface area contributed by atoms with Gasteiger partial charge in [-0.3, -0.25) is 9.59 Å². The first-order valence-electron chi connectivity index (χ1n) is 7.40. The molecule has 0 spiro atoms.